The first kappa shape index (κ1) is 33.5. The molecule has 0 aromatic heterocycles. The van der Waals surface area contributed by atoms with Crippen LogP contribution in [-0.2, 0) is 0 Å². The van der Waals surface area contributed by atoms with Gasteiger partial charge in [0.1, 0.15) is 0 Å². The maximum absolute atomic E-state index is 6.20. The van der Waals surface area contributed by atoms with Crippen LogP contribution in [-0.4, -0.2) is 13.2 Å². The number of hydrogen-bond acceptors (Lipinski definition) is 2. The molecular formula is C32H54Br2O2. The summed E-state index contributed by atoms with van der Waals surface area (Å²) in [5.41, 5.74) is 1.10. The van der Waals surface area contributed by atoms with Crippen LogP contribution >= 0.6 is 31.9 Å². The van der Waals surface area contributed by atoms with Crippen molar-refractivity contribution in [1.82, 2.24) is 0 Å². The summed E-state index contributed by atoms with van der Waals surface area (Å²) in [6, 6.07) is 6.23. The Hall–Kier alpha value is -0.480. The van der Waals surface area contributed by atoms with Gasteiger partial charge >= 0.3 is 0 Å². The maximum Gasteiger partial charge on any atom is 0.161 e. The Morgan fingerprint density at radius 2 is 0.944 bits per heavy atom. The van der Waals surface area contributed by atoms with Gasteiger partial charge in [-0.05, 0) is 68.5 Å². The molecule has 0 fully saturated rings. The van der Waals surface area contributed by atoms with Gasteiger partial charge in [-0.2, -0.15) is 0 Å². The van der Waals surface area contributed by atoms with Crippen LogP contribution in [0.15, 0.2) is 21.6 Å². The molecule has 0 radical (unpaired) electrons. The normalized spacial score (nSPS) is 11.0. The van der Waals surface area contributed by atoms with E-state index in [2.05, 4.69) is 63.9 Å². The second-order valence-electron chi connectivity index (χ2n) is 10.2. The van der Waals surface area contributed by atoms with Crippen LogP contribution in [0.5, 0.6) is 11.5 Å². The van der Waals surface area contributed by atoms with Crippen molar-refractivity contribution in [2.45, 2.75) is 142 Å². The minimum absolute atomic E-state index is 0.758. The van der Waals surface area contributed by atoms with E-state index in [4.69, 9.17) is 9.47 Å². The van der Waals surface area contributed by atoms with Gasteiger partial charge in [-0.15, -0.1) is 0 Å². The maximum atomic E-state index is 6.20. The Morgan fingerprint density at radius 1 is 0.556 bits per heavy atom. The van der Waals surface area contributed by atoms with Crippen LogP contribution in [0.2, 0.25) is 0 Å². The smallest absolute Gasteiger partial charge is 0.161 e. The summed E-state index contributed by atoms with van der Waals surface area (Å²) < 4.78 is 13.3. The van der Waals surface area contributed by atoms with Crippen molar-refractivity contribution in [2.24, 2.45) is 0 Å². The largest absolute Gasteiger partial charge is 0.490 e. The Bertz CT molecular complexity index is 656. The van der Waals surface area contributed by atoms with Gasteiger partial charge in [0, 0.05) is 0 Å². The zero-order valence-electron chi connectivity index (χ0n) is 23.4. The van der Waals surface area contributed by atoms with Gasteiger partial charge in [0.05, 0.1) is 16.6 Å². The van der Waals surface area contributed by atoms with E-state index < -0.39 is 0 Å². The molecule has 0 N–H and O–H groups in total. The highest BCUT2D eigenvalue weighted by molar-refractivity contribution is 9.28. The van der Waals surface area contributed by atoms with Gasteiger partial charge in [0.15, 0.2) is 11.5 Å². The number of benzene rings is 1. The van der Waals surface area contributed by atoms with E-state index in [0.717, 1.165) is 46.5 Å². The highest BCUT2D eigenvalue weighted by atomic mass is 79.9. The second-order valence-corrected chi connectivity index (χ2v) is 13.0. The van der Waals surface area contributed by atoms with Crippen molar-refractivity contribution >= 4 is 37.9 Å². The first-order chi connectivity index (χ1) is 17.7. The predicted octanol–water partition coefficient (Wildman–Crippen LogP) is 12.4. The molecule has 1 aromatic rings. The molecule has 0 saturated heterocycles. The van der Waals surface area contributed by atoms with Crippen molar-refractivity contribution < 1.29 is 9.47 Å². The molecule has 1 rings (SSSR count). The monoisotopic (exact) mass is 628 g/mol. The Kier molecular flexibility index (Phi) is 23.1. The summed E-state index contributed by atoms with van der Waals surface area (Å²) in [5.74, 6) is 1.74. The molecular weight excluding hydrogens is 576 g/mol. The lowest BCUT2D eigenvalue weighted by atomic mass is 10.1. The fourth-order valence-corrected chi connectivity index (χ4v) is 5.04. The number of halogens is 2. The van der Waals surface area contributed by atoms with E-state index in [1.165, 1.54) is 116 Å². The number of ether oxygens (including phenoxy) is 2. The molecule has 0 aliphatic rings. The fourth-order valence-electron chi connectivity index (χ4n) is 4.52. The van der Waals surface area contributed by atoms with Gasteiger partial charge in [-0.3, -0.25) is 0 Å². The quantitative estimate of drug-likeness (QED) is 0.100. The van der Waals surface area contributed by atoms with Gasteiger partial charge in [-0.25, -0.2) is 0 Å². The zero-order valence-corrected chi connectivity index (χ0v) is 26.6. The highest BCUT2D eigenvalue weighted by Crippen LogP contribution is 2.31. The van der Waals surface area contributed by atoms with Gasteiger partial charge in [-0.1, -0.05) is 135 Å². The number of rotatable bonds is 25. The summed E-state index contributed by atoms with van der Waals surface area (Å²) >= 11 is 6.93. The molecule has 0 aliphatic carbocycles. The van der Waals surface area contributed by atoms with Crippen LogP contribution < -0.4 is 9.47 Å². The van der Waals surface area contributed by atoms with Gasteiger partial charge in [0.25, 0.3) is 0 Å². The topological polar surface area (TPSA) is 18.5 Å². The zero-order chi connectivity index (χ0) is 26.1. The molecule has 0 bridgehead atoms. The molecule has 2 nitrogen and oxygen atoms in total. The average Bonchev–Trinajstić information content (AvgIpc) is 2.86. The van der Waals surface area contributed by atoms with E-state index in [9.17, 15) is 0 Å². The molecule has 0 heterocycles. The predicted molar refractivity (Wildman–Crippen MR) is 167 cm³/mol. The highest BCUT2D eigenvalue weighted by Gasteiger charge is 2.07. The Labute approximate surface area is 240 Å². The lowest BCUT2D eigenvalue weighted by molar-refractivity contribution is 0.258. The number of unbranched alkanes of at least 4 members (excludes halogenated alkanes) is 18. The minimum Gasteiger partial charge on any atom is -0.490 e. The molecule has 0 spiro atoms. The van der Waals surface area contributed by atoms with Crippen LogP contribution in [0, 0.1) is 0 Å². The first-order valence-electron chi connectivity index (χ1n) is 15.1. The molecule has 0 amide bonds. The van der Waals surface area contributed by atoms with E-state index in [1.807, 2.05) is 6.08 Å². The van der Waals surface area contributed by atoms with E-state index in [0.29, 0.717) is 0 Å². The van der Waals surface area contributed by atoms with E-state index in [1.54, 1.807) is 0 Å². The van der Waals surface area contributed by atoms with Crippen molar-refractivity contribution in [2.75, 3.05) is 13.2 Å². The molecule has 1 aromatic carbocycles. The van der Waals surface area contributed by atoms with Crippen molar-refractivity contribution in [3.8, 4) is 11.5 Å². The van der Waals surface area contributed by atoms with E-state index in [-0.39, 0.29) is 0 Å². The van der Waals surface area contributed by atoms with Crippen molar-refractivity contribution in [3.05, 3.63) is 27.2 Å². The molecule has 208 valence electrons. The van der Waals surface area contributed by atoms with Gasteiger partial charge < -0.3 is 9.47 Å². The van der Waals surface area contributed by atoms with Crippen LogP contribution in [0.4, 0.5) is 0 Å². The number of hydrogen-bond donors (Lipinski definition) is 0. The lowest BCUT2D eigenvalue weighted by Crippen LogP contribution is -2.03. The molecule has 0 atom stereocenters. The summed E-state index contributed by atoms with van der Waals surface area (Å²) in [5, 5.41) is 0. The average molecular weight is 631 g/mol. The Balaban J connectivity index is 2.27. The van der Waals surface area contributed by atoms with Crippen molar-refractivity contribution in [3.63, 3.8) is 0 Å². The standard InChI is InChI=1S/C32H54Br2O2/c1-3-5-7-9-11-13-15-17-19-21-25-35-30-24-23-29(28-32(33)34)27-31(30)36-26-22-20-18-16-14-12-10-8-6-4-2/h23-24,27-28H,3-22,25-26H2,1-2H3. The Morgan fingerprint density at radius 3 is 1.36 bits per heavy atom. The van der Waals surface area contributed by atoms with E-state index >= 15 is 0 Å². The lowest BCUT2D eigenvalue weighted by Gasteiger charge is -2.14. The van der Waals surface area contributed by atoms with Crippen molar-refractivity contribution in [1.29, 1.82) is 0 Å². The first-order valence-corrected chi connectivity index (χ1v) is 16.7. The summed E-state index contributed by atoms with van der Waals surface area (Å²) in [7, 11) is 0. The minimum atomic E-state index is 0.758. The third-order valence-corrected chi connectivity index (χ3v) is 7.21. The molecule has 0 saturated carbocycles. The molecule has 4 heteroatoms. The third kappa shape index (κ3) is 19.6. The molecule has 0 unspecified atom stereocenters. The summed E-state index contributed by atoms with van der Waals surface area (Å²) in [4.78, 5) is 0. The van der Waals surface area contributed by atoms with Crippen LogP contribution in [0.25, 0.3) is 6.08 Å². The molecule has 36 heavy (non-hydrogen) atoms. The van der Waals surface area contributed by atoms with Crippen LogP contribution in [0.3, 0.4) is 0 Å². The van der Waals surface area contributed by atoms with Crippen LogP contribution in [0.1, 0.15) is 148 Å². The summed E-state index contributed by atoms with van der Waals surface area (Å²) in [6.45, 7) is 6.09. The summed E-state index contributed by atoms with van der Waals surface area (Å²) in [6.07, 6.45) is 28.8. The fraction of sp³-hybridized carbons (Fsp3) is 0.750. The molecule has 0 aliphatic heterocycles. The third-order valence-electron chi connectivity index (χ3n) is 6.75. The second kappa shape index (κ2) is 24.8. The van der Waals surface area contributed by atoms with Gasteiger partial charge in [0.2, 0.25) is 0 Å². The SMILES string of the molecule is CCCCCCCCCCCCOc1ccc(C=C(Br)Br)cc1OCCCCCCCCCCCC.